The number of ether oxygens (including phenoxy) is 1. The van der Waals surface area contributed by atoms with Gasteiger partial charge in [0.2, 0.25) is 0 Å². The minimum Gasteiger partial charge on any atom is -0.496 e. The maximum Gasteiger partial charge on any atom is 0.196 e. The Morgan fingerprint density at radius 1 is 1.00 bits per heavy atom. The molecular weight excluding hydrogens is 386 g/mol. The Morgan fingerprint density at radius 3 is 2.37 bits per heavy atom. The number of rotatable bonds is 7. The Kier molecular flexibility index (Phi) is 6.47. The van der Waals surface area contributed by atoms with Gasteiger partial charge >= 0.3 is 0 Å². The lowest BCUT2D eigenvalue weighted by Crippen LogP contribution is -2.05. The quantitative estimate of drug-likeness (QED) is 0.526. The van der Waals surface area contributed by atoms with E-state index in [-0.39, 0.29) is 11.5 Å². The number of hydrogen-bond acceptors (Lipinski definition) is 4. The molecule has 0 bridgehead atoms. The van der Waals surface area contributed by atoms with Crippen LogP contribution in [0.2, 0.25) is 0 Å². The van der Waals surface area contributed by atoms with Gasteiger partial charge in [-0.15, -0.1) is 0 Å². The van der Waals surface area contributed by atoms with Gasteiger partial charge in [0.25, 0.3) is 0 Å². The number of halogens is 2. The highest BCUT2D eigenvalue weighted by Gasteiger charge is 2.15. The Balaban J connectivity index is 1.84. The fourth-order valence-electron chi connectivity index (χ4n) is 2.85. The Bertz CT molecular complexity index is 1080. The first kappa shape index (κ1) is 21.0. The molecule has 0 spiro atoms. The van der Waals surface area contributed by atoms with Crippen LogP contribution in [0.25, 0.3) is 6.08 Å². The van der Waals surface area contributed by atoms with E-state index < -0.39 is 11.6 Å². The Hall–Kier alpha value is -3.67. The van der Waals surface area contributed by atoms with Crippen molar-refractivity contribution in [1.82, 2.24) is 4.90 Å². The van der Waals surface area contributed by atoms with Crippen molar-refractivity contribution in [2.24, 2.45) is 0 Å². The van der Waals surface area contributed by atoms with Crippen LogP contribution in [-0.4, -0.2) is 31.9 Å². The smallest absolute Gasteiger partial charge is 0.196 e. The van der Waals surface area contributed by atoms with Gasteiger partial charge in [0, 0.05) is 31.4 Å². The van der Waals surface area contributed by atoms with Crippen molar-refractivity contribution in [2.45, 2.75) is 0 Å². The summed E-state index contributed by atoms with van der Waals surface area (Å²) < 4.78 is 32.2. The average molecular weight is 408 g/mol. The van der Waals surface area contributed by atoms with Crippen LogP contribution in [0.4, 0.5) is 20.2 Å². The number of nitrogens with one attached hydrogen (secondary N) is 1. The van der Waals surface area contributed by atoms with Gasteiger partial charge in [0.15, 0.2) is 5.78 Å². The Labute approximate surface area is 174 Å². The van der Waals surface area contributed by atoms with Crippen LogP contribution in [0.1, 0.15) is 21.5 Å². The van der Waals surface area contributed by atoms with Crippen LogP contribution in [0, 0.1) is 11.6 Å². The van der Waals surface area contributed by atoms with E-state index in [1.54, 1.807) is 36.4 Å². The summed E-state index contributed by atoms with van der Waals surface area (Å²) in [7, 11) is 5.35. The number of methoxy groups -OCH3 is 1. The average Bonchev–Trinajstić information content (AvgIpc) is 2.74. The predicted molar refractivity (Wildman–Crippen MR) is 115 cm³/mol. The number of nitrogens with zero attached hydrogens (tertiary/aromatic N) is 1. The minimum atomic E-state index is -0.692. The summed E-state index contributed by atoms with van der Waals surface area (Å²) in [5.74, 6) is -1.04. The summed E-state index contributed by atoms with van der Waals surface area (Å²) in [6.45, 7) is 0. The lowest BCUT2D eigenvalue weighted by atomic mass is 10.00. The first-order valence-electron chi connectivity index (χ1n) is 9.27. The molecule has 4 nitrogen and oxygen atoms in total. The highest BCUT2D eigenvalue weighted by atomic mass is 19.1. The fraction of sp³-hybridized carbons (Fsp3) is 0.125. The standard InChI is InChI=1S/C24H22F2N2O2/c1-28(2)13-12-16-4-11-23(30-3)20(14-16)24(29)17-5-8-19(9-6-17)27-22-10-7-18(25)15-21(22)26/h4-15,27H,1-3H3/b13-12+. The van der Waals surface area contributed by atoms with Crippen molar-refractivity contribution < 1.29 is 18.3 Å². The number of benzene rings is 3. The summed E-state index contributed by atoms with van der Waals surface area (Å²) in [6.07, 6.45) is 3.80. The van der Waals surface area contributed by atoms with Gasteiger partial charge in [0.1, 0.15) is 17.4 Å². The van der Waals surface area contributed by atoms with Gasteiger partial charge in [-0.25, -0.2) is 8.78 Å². The number of ketones is 1. The third-order valence-corrected chi connectivity index (χ3v) is 4.39. The molecule has 0 amide bonds. The van der Waals surface area contributed by atoms with Crippen LogP contribution in [0.15, 0.2) is 66.9 Å². The van der Waals surface area contributed by atoms with Gasteiger partial charge < -0.3 is 15.0 Å². The summed E-state index contributed by atoms with van der Waals surface area (Å²) in [5, 5.41) is 2.87. The molecule has 0 fully saturated rings. The fourth-order valence-corrected chi connectivity index (χ4v) is 2.85. The second kappa shape index (κ2) is 9.22. The second-order valence-corrected chi connectivity index (χ2v) is 6.89. The third kappa shape index (κ3) is 5.03. The van der Waals surface area contributed by atoms with Gasteiger partial charge in [-0.2, -0.15) is 0 Å². The van der Waals surface area contributed by atoms with E-state index in [2.05, 4.69) is 5.32 Å². The van der Waals surface area contributed by atoms with Crippen molar-refractivity contribution in [1.29, 1.82) is 0 Å². The number of carbonyl (C=O) groups excluding carboxylic acids is 1. The summed E-state index contributed by atoms with van der Waals surface area (Å²) >= 11 is 0. The first-order valence-corrected chi connectivity index (χ1v) is 9.27. The summed E-state index contributed by atoms with van der Waals surface area (Å²) in [6, 6.07) is 15.3. The monoisotopic (exact) mass is 408 g/mol. The highest BCUT2D eigenvalue weighted by Crippen LogP contribution is 2.26. The molecule has 0 heterocycles. The van der Waals surface area contributed by atoms with E-state index in [1.807, 2.05) is 37.3 Å². The van der Waals surface area contributed by atoms with Gasteiger partial charge in [-0.1, -0.05) is 6.07 Å². The van der Waals surface area contributed by atoms with E-state index in [1.165, 1.54) is 19.2 Å². The van der Waals surface area contributed by atoms with E-state index in [0.29, 0.717) is 22.6 Å². The lowest BCUT2D eigenvalue weighted by Gasteiger charge is -2.11. The molecule has 0 unspecified atom stereocenters. The van der Waals surface area contributed by atoms with E-state index in [4.69, 9.17) is 4.74 Å². The molecule has 3 rings (SSSR count). The molecule has 3 aromatic carbocycles. The summed E-state index contributed by atoms with van der Waals surface area (Å²) in [4.78, 5) is 14.9. The van der Waals surface area contributed by atoms with E-state index >= 15 is 0 Å². The second-order valence-electron chi connectivity index (χ2n) is 6.89. The molecule has 0 radical (unpaired) electrons. The van der Waals surface area contributed by atoms with Crippen molar-refractivity contribution >= 4 is 23.2 Å². The van der Waals surface area contributed by atoms with Crippen molar-refractivity contribution in [3.8, 4) is 5.75 Å². The predicted octanol–water partition coefficient (Wildman–Crippen LogP) is 5.48. The zero-order valence-electron chi connectivity index (χ0n) is 16.9. The number of carbonyl (C=O) groups is 1. The summed E-state index contributed by atoms with van der Waals surface area (Å²) in [5.41, 5.74) is 2.51. The number of hydrogen-bond donors (Lipinski definition) is 1. The largest absolute Gasteiger partial charge is 0.496 e. The minimum absolute atomic E-state index is 0.150. The molecule has 0 aromatic heterocycles. The van der Waals surface area contributed by atoms with Crippen LogP contribution < -0.4 is 10.1 Å². The SMILES string of the molecule is COc1ccc(/C=C/N(C)C)cc1C(=O)c1ccc(Nc2ccc(F)cc2F)cc1. The molecular formula is C24H22F2N2O2. The van der Waals surface area contributed by atoms with Gasteiger partial charge in [0.05, 0.1) is 18.4 Å². The molecule has 0 aliphatic rings. The van der Waals surface area contributed by atoms with Crippen LogP contribution >= 0.6 is 0 Å². The normalized spacial score (nSPS) is 10.8. The molecule has 6 heteroatoms. The first-order chi connectivity index (χ1) is 14.4. The van der Waals surface area contributed by atoms with Crippen molar-refractivity contribution in [2.75, 3.05) is 26.5 Å². The van der Waals surface area contributed by atoms with E-state index in [9.17, 15) is 13.6 Å². The van der Waals surface area contributed by atoms with Crippen LogP contribution in [0.5, 0.6) is 5.75 Å². The molecule has 30 heavy (non-hydrogen) atoms. The van der Waals surface area contributed by atoms with Crippen molar-refractivity contribution in [3.63, 3.8) is 0 Å². The molecule has 154 valence electrons. The zero-order valence-corrected chi connectivity index (χ0v) is 16.9. The molecule has 0 saturated heterocycles. The van der Waals surface area contributed by atoms with Gasteiger partial charge in [-0.05, 0) is 66.4 Å². The number of anilines is 2. The maximum absolute atomic E-state index is 13.8. The highest BCUT2D eigenvalue weighted by molar-refractivity contribution is 6.11. The maximum atomic E-state index is 13.8. The Morgan fingerprint density at radius 2 is 1.73 bits per heavy atom. The van der Waals surface area contributed by atoms with Crippen LogP contribution in [0.3, 0.4) is 0 Å². The molecule has 1 N–H and O–H groups in total. The van der Waals surface area contributed by atoms with Crippen molar-refractivity contribution in [3.05, 3.63) is 95.2 Å². The topological polar surface area (TPSA) is 41.6 Å². The third-order valence-electron chi connectivity index (χ3n) is 4.39. The molecule has 3 aromatic rings. The van der Waals surface area contributed by atoms with Gasteiger partial charge in [-0.3, -0.25) is 4.79 Å². The lowest BCUT2D eigenvalue weighted by molar-refractivity contribution is 0.103. The van der Waals surface area contributed by atoms with E-state index in [0.717, 1.165) is 11.6 Å². The molecule has 0 saturated carbocycles. The zero-order chi connectivity index (χ0) is 21.7. The molecule has 0 atom stereocenters. The molecule has 0 aliphatic carbocycles. The molecule has 0 aliphatic heterocycles. The van der Waals surface area contributed by atoms with Crippen LogP contribution in [-0.2, 0) is 0 Å².